The number of hydrazone groups is 1. The maximum Gasteiger partial charge on any atom is 0.191 e. The van der Waals surface area contributed by atoms with Crippen LogP contribution in [0, 0.1) is 0 Å². The number of rotatable bonds is 3. The van der Waals surface area contributed by atoms with Gasteiger partial charge in [-0.15, -0.1) is 0 Å². The van der Waals surface area contributed by atoms with Crippen LogP contribution >= 0.6 is 12.2 Å². The second-order valence-electron chi connectivity index (χ2n) is 7.56. The van der Waals surface area contributed by atoms with Crippen molar-refractivity contribution < 1.29 is 14.6 Å². The van der Waals surface area contributed by atoms with E-state index >= 15 is 0 Å². The van der Waals surface area contributed by atoms with Crippen molar-refractivity contribution in [2.75, 3.05) is 12.4 Å². The van der Waals surface area contributed by atoms with Crippen molar-refractivity contribution in [1.82, 2.24) is 5.43 Å². The normalized spacial score (nSPS) is 18.6. The summed E-state index contributed by atoms with van der Waals surface area (Å²) in [6.07, 6.45) is 6.29. The molecular formula is C22H25N3O3S. The Labute approximate surface area is 175 Å². The summed E-state index contributed by atoms with van der Waals surface area (Å²) in [6, 6.07) is 12.7. The maximum atomic E-state index is 9.94. The molecule has 0 saturated heterocycles. The van der Waals surface area contributed by atoms with Crippen molar-refractivity contribution in [2.24, 2.45) is 5.10 Å². The van der Waals surface area contributed by atoms with Gasteiger partial charge in [0.1, 0.15) is 22.8 Å². The summed E-state index contributed by atoms with van der Waals surface area (Å²) in [4.78, 5) is 0. The fourth-order valence-corrected chi connectivity index (χ4v) is 4.19. The number of fused-ring (bicyclic) bond motifs is 1. The monoisotopic (exact) mass is 411 g/mol. The van der Waals surface area contributed by atoms with Crippen molar-refractivity contribution >= 4 is 28.7 Å². The van der Waals surface area contributed by atoms with Gasteiger partial charge in [-0.05, 0) is 80.4 Å². The van der Waals surface area contributed by atoms with Crippen molar-refractivity contribution in [2.45, 2.75) is 44.1 Å². The predicted molar refractivity (Wildman–Crippen MR) is 118 cm³/mol. The fraction of sp³-hybridized carbons (Fsp3) is 0.364. The van der Waals surface area contributed by atoms with E-state index in [1.54, 1.807) is 19.2 Å². The Bertz CT molecular complexity index is 921. The molecule has 6 nitrogen and oxygen atoms in total. The summed E-state index contributed by atoms with van der Waals surface area (Å²) in [5, 5.41) is 18.0. The number of methoxy groups -OCH3 is 1. The molecule has 2 aliphatic rings. The minimum Gasteiger partial charge on any atom is -0.508 e. The van der Waals surface area contributed by atoms with E-state index in [9.17, 15) is 5.11 Å². The average Bonchev–Trinajstić information content (AvgIpc) is 2.73. The quantitative estimate of drug-likeness (QED) is 0.507. The first-order valence-electron chi connectivity index (χ1n) is 9.87. The topological polar surface area (TPSA) is 75.1 Å². The maximum absolute atomic E-state index is 9.94. The molecule has 1 saturated carbocycles. The Morgan fingerprint density at radius 3 is 2.62 bits per heavy atom. The Morgan fingerprint density at radius 2 is 1.90 bits per heavy atom. The molecule has 1 aliphatic carbocycles. The number of hydrogen-bond acceptors (Lipinski definition) is 5. The van der Waals surface area contributed by atoms with Crippen molar-refractivity contribution in [3.05, 3.63) is 48.0 Å². The highest BCUT2D eigenvalue weighted by Crippen LogP contribution is 2.42. The summed E-state index contributed by atoms with van der Waals surface area (Å²) in [5.41, 5.74) is 5.24. The first-order chi connectivity index (χ1) is 14.1. The molecule has 7 heteroatoms. The van der Waals surface area contributed by atoms with Gasteiger partial charge in [-0.1, -0.05) is 6.42 Å². The molecule has 1 fully saturated rings. The van der Waals surface area contributed by atoms with Crippen molar-refractivity contribution in [1.29, 1.82) is 0 Å². The van der Waals surface area contributed by atoms with E-state index in [-0.39, 0.29) is 11.4 Å². The number of anilines is 1. The van der Waals surface area contributed by atoms with E-state index in [1.165, 1.54) is 6.42 Å². The molecule has 0 atom stereocenters. The van der Waals surface area contributed by atoms with E-state index in [2.05, 4.69) is 15.8 Å². The van der Waals surface area contributed by atoms with E-state index in [4.69, 9.17) is 21.7 Å². The van der Waals surface area contributed by atoms with Crippen LogP contribution in [0.3, 0.4) is 0 Å². The van der Waals surface area contributed by atoms with Crippen LogP contribution < -0.4 is 20.2 Å². The molecule has 1 heterocycles. The number of ether oxygens (including phenoxy) is 2. The largest absolute Gasteiger partial charge is 0.508 e. The highest BCUT2D eigenvalue weighted by molar-refractivity contribution is 7.80. The summed E-state index contributed by atoms with van der Waals surface area (Å²) >= 11 is 5.40. The Morgan fingerprint density at radius 1 is 1.14 bits per heavy atom. The standard InChI is InChI=1S/C22H25N3O3S/c1-27-17-8-5-15(6-9-17)23-21(29)25-24-19-14-22(11-3-2-4-12-22)28-20-10-7-16(26)13-18(19)20/h5-10,13,26H,2-4,11-12,14H2,1H3,(H2,23,25,29)/b24-19-. The van der Waals surface area contributed by atoms with Crippen molar-refractivity contribution in [3.63, 3.8) is 0 Å². The molecule has 3 N–H and O–H groups in total. The number of nitrogens with zero attached hydrogens (tertiary/aromatic N) is 1. The molecule has 0 radical (unpaired) electrons. The summed E-state index contributed by atoms with van der Waals surface area (Å²) < 4.78 is 11.6. The third kappa shape index (κ3) is 4.45. The fourth-order valence-electron chi connectivity index (χ4n) is 4.03. The van der Waals surface area contributed by atoms with E-state index in [0.717, 1.165) is 54.1 Å². The van der Waals surface area contributed by atoms with Crippen LogP contribution in [-0.4, -0.2) is 28.6 Å². The number of benzene rings is 2. The van der Waals surface area contributed by atoms with Crippen molar-refractivity contribution in [3.8, 4) is 17.2 Å². The van der Waals surface area contributed by atoms with Gasteiger partial charge in [-0.25, -0.2) is 0 Å². The highest BCUT2D eigenvalue weighted by atomic mass is 32.1. The number of aromatic hydroxyl groups is 1. The first-order valence-corrected chi connectivity index (χ1v) is 10.3. The minimum atomic E-state index is -0.215. The lowest BCUT2D eigenvalue weighted by atomic mass is 9.78. The third-order valence-corrected chi connectivity index (χ3v) is 5.69. The number of phenols is 1. The summed E-state index contributed by atoms with van der Waals surface area (Å²) in [6.45, 7) is 0. The van der Waals surface area contributed by atoms with Crippen LogP contribution in [0.1, 0.15) is 44.1 Å². The second-order valence-corrected chi connectivity index (χ2v) is 7.96. The Balaban J connectivity index is 1.52. The average molecular weight is 412 g/mol. The summed E-state index contributed by atoms with van der Waals surface area (Å²) in [5.74, 6) is 1.75. The van der Waals surface area contributed by atoms with Crippen LogP contribution in [0.25, 0.3) is 0 Å². The zero-order chi connectivity index (χ0) is 20.3. The number of nitrogens with one attached hydrogen (secondary N) is 2. The lowest BCUT2D eigenvalue weighted by Crippen LogP contribution is -2.44. The molecule has 0 amide bonds. The van der Waals surface area contributed by atoms with E-state index < -0.39 is 0 Å². The first kappa shape index (κ1) is 19.5. The molecule has 0 bridgehead atoms. The van der Waals surface area contributed by atoms with Crippen LogP contribution in [0.5, 0.6) is 17.2 Å². The van der Waals surface area contributed by atoms with E-state index in [1.807, 2.05) is 30.3 Å². The Kier molecular flexibility index (Phi) is 5.58. The lowest BCUT2D eigenvalue weighted by molar-refractivity contribution is 0.0320. The zero-order valence-corrected chi connectivity index (χ0v) is 17.2. The predicted octanol–water partition coefficient (Wildman–Crippen LogP) is 4.58. The van der Waals surface area contributed by atoms with Gasteiger partial charge in [-0.2, -0.15) is 5.10 Å². The minimum absolute atomic E-state index is 0.193. The van der Waals surface area contributed by atoms with Gasteiger partial charge in [0.05, 0.1) is 12.8 Å². The zero-order valence-electron chi connectivity index (χ0n) is 16.4. The van der Waals surface area contributed by atoms with Gasteiger partial charge in [0, 0.05) is 17.7 Å². The molecular weight excluding hydrogens is 386 g/mol. The molecule has 2 aromatic rings. The number of phenolic OH excluding ortho intramolecular Hbond substituents is 1. The van der Waals surface area contributed by atoms with Crippen LogP contribution in [0.2, 0.25) is 0 Å². The molecule has 0 aromatic heterocycles. The highest BCUT2D eigenvalue weighted by Gasteiger charge is 2.40. The molecule has 29 heavy (non-hydrogen) atoms. The van der Waals surface area contributed by atoms with Crippen LogP contribution in [-0.2, 0) is 0 Å². The SMILES string of the molecule is COc1ccc(NC(=S)N/N=C2/CC3(CCCCC3)Oc3ccc(O)cc32)cc1. The van der Waals surface area contributed by atoms with Crippen LogP contribution in [0.15, 0.2) is 47.6 Å². The molecule has 0 unspecified atom stereocenters. The third-order valence-electron chi connectivity index (χ3n) is 5.50. The smallest absolute Gasteiger partial charge is 0.191 e. The summed E-state index contributed by atoms with van der Waals surface area (Å²) in [7, 11) is 1.63. The molecule has 152 valence electrons. The van der Waals surface area contributed by atoms with Gasteiger partial charge in [0.15, 0.2) is 5.11 Å². The van der Waals surface area contributed by atoms with Gasteiger partial charge in [0.2, 0.25) is 0 Å². The number of hydrogen-bond donors (Lipinski definition) is 3. The van der Waals surface area contributed by atoms with E-state index in [0.29, 0.717) is 11.5 Å². The Hall–Kier alpha value is -2.80. The van der Waals surface area contributed by atoms with Gasteiger partial charge in [0.25, 0.3) is 0 Å². The molecule has 1 aliphatic heterocycles. The van der Waals surface area contributed by atoms with Gasteiger partial charge >= 0.3 is 0 Å². The second kappa shape index (κ2) is 8.29. The lowest BCUT2D eigenvalue weighted by Gasteiger charge is -2.41. The van der Waals surface area contributed by atoms with Crippen LogP contribution in [0.4, 0.5) is 5.69 Å². The molecule has 2 aromatic carbocycles. The van der Waals surface area contributed by atoms with Gasteiger partial charge < -0.3 is 19.9 Å². The molecule has 1 spiro atoms. The van der Waals surface area contributed by atoms with Gasteiger partial charge in [-0.3, -0.25) is 5.43 Å². The number of thiocarbonyl (C=S) groups is 1. The molecule has 4 rings (SSSR count).